The molecule has 1 heterocycles. The smallest absolute Gasteiger partial charge is 0.330 e. The highest BCUT2D eigenvalue weighted by molar-refractivity contribution is 6.31. The van der Waals surface area contributed by atoms with Gasteiger partial charge in [0.2, 0.25) is 0 Å². The first-order chi connectivity index (χ1) is 12.4. The van der Waals surface area contributed by atoms with Crippen LogP contribution in [0.25, 0.3) is 0 Å². The van der Waals surface area contributed by atoms with Crippen LogP contribution in [-0.4, -0.2) is 22.0 Å². The second-order valence-electron chi connectivity index (χ2n) is 5.97. The molecule has 1 aromatic carbocycles. The van der Waals surface area contributed by atoms with E-state index in [2.05, 4.69) is 4.98 Å². The minimum atomic E-state index is -0.675. The molecule has 1 aromatic heterocycles. The zero-order valence-corrected chi connectivity index (χ0v) is 15.7. The summed E-state index contributed by atoms with van der Waals surface area (Å²) in [4.78, 5) is 41.1. The molecule has 0 radical (unpaired) electrons. The van der Waals surface area contributed by atoms with Crippen LogP contribution in [0.2, 0.25) is 5.02 Å². The minimum absolute atomic E-state index is 0.00326. The second kappa shape index (κ2) is 8.71. The lowest BCUT2D eigenvalue weighted by Crippen LogP contribution is -2.41. The molecule has 2 rings (SSSR count). The number of rotatable bonds is 7. The van der Waals surface area contributed by atoms with Crippen LogP contribution in [0.4, 0.5) is 11.5 Å². The van der Waals surface area contributed by atoms with Crippen LogP contribution in [-0.2, 0) is 6.54 Å². The molecule has 7 nitrogen and oxygen atoms in total. The normalized spacial score (nSPS) is 10.7. The van der Waals surface area contributed by atoms with Crippen molar-refractivity contribution < 1.29 is 4.79 Å². The van der Waals surface area contributed by atoms with Crippen molar-refractivity contribution in [2.45, 2.75) is 39.7 Å². The zero-order chi connectivity index (χ0) is 19.3. The van der Waals surface area contributed by atoms with Gasteiger partial charge in [-0.15, -0.1) is 0 Å². The van der Waals surface area contributed by atoms with Gasteiger partial charge in [0, 0.05) is 23.7 Å². The molecule has 0 aliphatic heterocycles. The minimum Gasteiger partial charge on any atom is -0.383 e. The number of hydrogen-bond acceptors (Lipinski definition) is 4. The number of halogens is 1. The Bertz CT molecular complexity index is 904. The predicted molar refractivity (Wildman–Crippen MR) is 104 cm³/mol. The fourth-order valence-corrected chi connectivity index (χ4v) is 2.88. The molecule has 1 amide bonds. The molecular formula is C18H23ClN4O3. The summed E-state index contributed by atoms with van der Waals surface area (Å²) in [6.45, 7) is 4.52. The first-order valence-electron chi connectivity index (χ1n) is 8.60. The summed E-state index contributed by atoms with van der Waals surface area (Å²) >= 11 is 5.98. The first kappa shape index (κ1) is 19.8. The summed E-state index contributed by atoms with van der Waals surface area (Å²) < 4.78 is 1.28. The van der Waals surface area contributed by atoms with E-state index in [1.54, 1.807) is 18.2 Å². The fraction of sp³-hybridized carbons (Fsp3) is 0.389. The molecule has 140 valence electrons. The summed E-state index contributed by atoms with van der Waals surface area (Å²) in [5.74, 6) is -0.396. The van der Waals surface area contributed by atoms with Crippen molar-refractivity contribution in [1.29, 1.82) is 0 Å². The van der Waals surface area contributed by atoms with Gasteiger partial charge in [-0.1, -0.05) is 37.9 Å². The maximum absolute atomic E-state index is 13.0. The number of nitrogens with two attached hydrogens (primary N) is 1. The Balaban J connectivity index is 2.60. The summed E-state index contributed by atoms with van der Waals surface area (Å²) in [5.41, 5.74) is 5.20. The topological polar surface area (TPSA) is 101 Å². The average molecular weight is 379 g/mol. The van der Waals surface area contributed by atoms with Gasteiger partial charge in [-0.2, -0.15) is 0 Å². The van der Waals surface area contributed by atoms with E-state index in [1.165, 1.54) is 15.5 Å². The lowest BCUT2D eigenvalue weighted by atomic mass is 10.1. The Morgan fingerprint density at radius 1 is 1.27 bits per heavy atom. The van der Waals surface area contributed by atoms with Gasteiger partial charge in [0.15, 0.2) is 5.69 Å². The molecule has 0 spiro atoms. The highest BCUT2D eigenvalue weighted by Crippen LogP contribution is 2.21. The van der Waals surface area contributed by atoms with Gasteiger partial charge in [0.25, 0.3) is 11.5 Å². The molecule has 0 aliphatic carbocycles. The van der Waals surface area contributed by atoms with E-state index in [1.807, 2.05) is 13.8 Å². The first-order valence-corrected chi connectivity index (χ1v) is 8.98. The Morgan fingerprint density at radius 3 is 2.62 bits per heavy atom. The number of aromatic nitrogens is 2. The van der Waals surface area contributed by atoms with E-state index in [0.29, 0.717) is 36.5 Å². The van der Waals surface area contributed by atoms with Gasteiger partial charge in [-0.05, 0) is 31.0 Å². The number of nitrogen functional groups attached to an aromatic ring is 1. The van der Waals surface area contributed by atoms with E-state index in [9.17, 15) is 14.4 Å². The van der Waals surface area contributed by atoms with Crippen LogP contribution in [0.1, 0.15) is 43.5 Å². The summed E-state index contributed by atoms with van der Waals surface area (Å²) in [6.07, 6.45) is 2.16. The van der Waals surface area contributed by atoms with Crippen LogP contribution in [0.15, 0.2) is 33.9 Å². The monoisotopic (exact) mass is 378 g/mol. The Hall–Kier alpha value is -2.54. The van der Waals surface area contributed by atoms with Gasteiger partial charge in [0.1, 0.15) is 5.82 Å². The Kier molecular flexibility index (Phi) is 6.63. The number of nitrogens with zero attached hydrogens (tertiary/aromatic N) is 2. The molecule has 3 N–H and O–H groups in total. The Labute approximate surface area is 156 Å². The van der Waals surface area contributed by atoms with E-state index < -0.39 is 11.2 Å². The number of aromatic amines is 1. The number of H-pyrrole nitrogens is 1. The van der Waals surface area contributed by atoms with E-state index >= 15 is 0 Å². The molecule has 2 aromatic rings. The van der Waals surface area contributed by atoms with Gasteiger partial charge in [-0.3, -0.25) is 19.1 Å². The average Bonchev–Trinajstić information content (AvgIpc) is 2.60. The van der Waals surface area contributed by atoms with Gasteiger partial charge in [-0.25, -0.2) is 4.79 Å². The molecule has 0 bridgehead atoms. The SMILES string of the molecule is CCCCN(C(=O)c1cccc(Cl)c1)c1c(N)n(CCC)c(=O)[nH]c1=O. The summed E-state index contributed by atoms with van der Waals surface area (Å²) in [6, 6.07) is 6.49. The summed E-state index contributed by atoms with van der Waals surface area (Å²) in [5, 5.41) is 0.420. The molecule has 0 saturated heterocycles. The quantitative estimate of drug-likeness (QED) is 0.773. The number of unbranched alkanes of at least 4 members (excludes halogenated alkanes) is 1. The van der Waals surface area contributed by atoms with E-state index in [-0.39, 0.29) is 17.4 Å². The maximum atomic E-state index is 13.0. The number of anilines is 2. The zero-order valence-electron chi connectivity index (χ0n) is 14.9. The number of amides is 1. The molecule has 26 heavy (non-hydrogen) atoms. The molecule has 0 fully saturated rings. The largest absolute Gasteiger partial charge is 0.383 e. The van der Waals surface area contributed by atoms with Crippen LogP contribution < -0.4 is 21.9 Å². The highest BCUT2D eigenvalue weighted by Gasteiger charge is 2.24. The highest BCUT2D eigenvalue weighted by atomic mass is 35.5. The van der Waals surface area contributed by atoms with Gasteiger partial charge >= 0.3 is 5.69 Å². The van der Waals surface area contributed by atoms with Crippen LogP contribution in [0.5, 0.6) is 0 Å². The molecule has 8 heteroatoms. The van der Waals surface area contributed by atoms with Crippen LogP contribution in [0.3, 0.4) is 0 Å². The van der Waals surface area contributed by atoms with Crippen molar-refractivity contribution in [1.82, 2.24) is 9.55 Å². The number of carbonyl (C=O) groups excluding carboxylic acids is 1. The molecule has 0 aliphatic rings. The molecule has 0 atom stereocenters. The van der Waals surface area contributed by atoms with Crippen molar-refractivity contribution >= 4 is 29.0 Å². The number of benzene rings is 1. The third-order valence-electron chi connectivity index (χ3n) is 3.98. The number of hydrogen-bond donors (Lipinski definition) is 2. The predicted octanol–water partition coefficient (Wildman–Crippen LogP) is 2.63. The van der Waals surface area contributed by atoms with Crippen molar-refractivity contribution in [2.75, 3.05) is 17.2 Å². The number of nitrogens with one attached hydrogen (secondary N) is 1. The molecular weight excluding hydrogens is 356 g/mol. The van der Waals surface area contributed by atoms with Gasteiger partial charge in [0.05, 0.1) is 0 Å². The van der Waals surface area contributed by atoms with Crippen molar-refractivity contribution in [2.24, 2.45) is 0 Å². The standard InChI is InChI=1S/C18H23ClN4O3/c1-3-5-10-22(17(25)12-7-6-8-13(19)11-12)14-15(20)23(9-4-2)18(26)21-16(14)24/h6-8,11H,3-5,9-10,20H2,1-2H3,(H,21,24,26). The Morgan fingerprint density at radius 2 is 2.00 bits per heavy atom. The summed E-state index contributed by atoms with van der Waals surface area (Å²) in [7, 11) is 0. The third kappa shape index (κ3) is 4.16. The van der Waals surface area contributed by atoms with Crippen molar-refractivity contribution in [3.63, 3.8) is 0 Å². The van der Waals surface area contributed by atoms with Crippen LogP contribution in [0, 0.1) is 0 Å². The fourth-order valence-electron chi connectivity index (χ4n) is 2.69. The number of carbonyl (C=O) groups is 1. The van der Waals surface area contributed by atoms with E-state index in [4.69, 9.17) is 17.3 Å². The second-order valence-corrected chi connectivity index (χ2v) is 6.40. The van der Waals surface area contributed by atoms with Crippen molar-refractivity contribution in [3.8, 4) is 0 Å². The maximum Gasteiger partial charge on any atom is 0.330 e. The third-order valence-corrected chi connectivity index (χ3v) is 4.22. The molecule has 0 unspecified atom stereocenters. The van der Waals surface area contributed by atoms with Crippen LogP contribution >= 0.6 is 11.6 Å². The molecule has 0 saturated carbocycles. The lowest BCUT2D eigenvalue weighted by molar-refractivity contribution is 0.0986. The lowest BCUT2D eigenvalue weighted by Gasteiger charge is -2.24. The van der Waals surface area contributed by atoms with Gasteiger partial charge < -0.3 is 10.6 Å². The van der Waals surface area contributed by atoms with E-state index in [0.717, 1.165) is 6.42 Å². The van der Waals surface area contributed by atoms with Crippen molar-refractivity contribution in [3.05, 3.63) is 55.7 Å².